The number of carbonyl (C=O) groups excluding carboxylic acids is 2. The topological polar surface area (TPSA) is 102 Å². The average molecular weight is 418 g/mol. The second-order valence-electron chi connectivity index (χ2n) is 6.80. The number of anilines is 2. The Kier molecular flexibility index (Phi) is 5.81. The molecular weight excluding hydrogens is 399 g/mol. The number of hydrogen-bond donors (Lipinski definition) is 2. The van der Waals surface area contributed by atoms with Gasteiger partial charge in [-0.1, -0.05) is 28.6 Å². The first-order valence-corrected chi connectivity index (χ1v) is 10.1. The van der Waals surface area contributed by atoms with E-state index < -0.39 is 11.0 Å². The lowest BCUT2D eigenvalue weighted by Gasteiger charge is -2.10. The van der Waals surface area contributed by atoms with Crippen molar-refractivity contribution in [1.29, 1.82) is 0 Å². The summed E-state index contributed by atoms with van der Waals surface area (Å²) in [7, 11) is 0. The van der Waals surface area contributed by atoms with Crippen molar-refractivity contribution in [3.05, 3.63) is 41.2 Å². The van der Waals surface area contributed by atoms with Crippen molar-refractivity contribution in [1.82, 2.24) is 4.98 Å². The third-order valence-electron chi connectivity index (χ3n) is 4.47. The Morgan fingerprint density at radius 1 is 1.21 bits per heavy atom. The lowest BCUT2D eigenvalue weighted by atomic mass is 10.1. The minimum Gasteiger partial charge on any atom is -0.389 e. The fraction of sp³-hybridized carbons (Fsp3) is 0.368. The first-order chi connectivity index (χ1) is 14.1. The maximum atomic E-state index is 13.2. The van der Waals surface area contributed by atoms with Crippen molar-refractivity contribution in [3.63, 3.8) is 0 Å². The average Bonchev–Trinajstić information content (AvgIpc) is 3.29. The number of nitrogens with one attached hydrogen (secondary N) is 2. The molecule has 29 heavy (non-hydrogen) atoms. The van der Waals surface area contributed by atoms with Gasteiger partial charge in [0, 0.05) is 23.6 Å². The van der Waals surface area contributed by atoms with E-state index in [1.54, 1.807) is 24.3 Å². The molecular formula is C19H19FN4O4S. The number of hydrogen-bond acceptors (Lipinski definition) is 7. The molecule has 1 saturated heterocycles. The Labute approximate surface area is 170 Å². The van der Waals surface area contributed by atoms with Crippen LogP contribution in [0.4, 0.5) is 15.2 Å². The van der Waals surface area contributed by atoms with E-state index >= 15 is 0 Å². The molecule has 10 heteroatoms. The van der Waals surface area contributed by atoms with Crippen LogP contribution >= 0.6 is 11.3 Å². The van der Waals surface area contributed by atoms with Crippen LogP contribution in [0.25, 0.3) is 0 Å². The molecule has 1 saturated carbocycles. The van der Waals surface area contributed by atoms with Gasteiger partial charge in [-0.15, -0.1) is 0 Å². The molecule has 0 radical (unpaired) electrons. The van der Waals surface area contributed by atoms with Gasteiger partial charge in [0.05, 0.1) is 19.4 Å². The molecule has 2 heterocycles. The van der Waals surface area contributed by atoms with Crippen LogP contribution in [0.3, 0.4) is 0 Å². The second-order valence-corrected chi connectivity index (χ2v) is 7.78. The first kappa shape index (κ1) is 19.5. The van der Waals surface area contributed by atoms with Gasteiger partial charge in [0.25, 0.3) is 5.91 Å². The van der Waals surface area contributed by atoms with E-state index in [9.17, 15) is 14.0 Å². The molecule has 152 valence electrons. The van der Waals surface area contributed by atoms with Gasteiger partial charge in [-0.05, 0) is 25.0 Å². The maximum absolute atomic E-state index is 13.2. The molecule has 0 bridgehead atoms. The normalized spacial score (nSPS) is 19.1. The zero-order valence-electron chi connectivity index (χ0n) is 15.4. The zero-order chi connectivity index (χ0) is 20.2. The number of oxime groups is 1. The van der Waals surface area contributed by atoms with E-state index in [1.165, 1.54) is 0 Å². The largest absolute Gasteiger partial charge is 0.389 e. The summed E-state index contributed by atoms with van der Waals surface area (Å²) >= 11 is 0.717. The van der Waals surface area contributed by atoms with Gasteiger partial charge >= 0.3 is 0 Å². The smallest absolute Gasteiger partial charge is 0.280 e. The SMILES string of the molecule is O=C(Nc1ncc(F)s1)/C(=N/O[C@@H]1CCOC1)c1ccc(NC(=O)C2CC2)cc1. The van der Waals surface area contributed by atoms with Crippen molar-refractivity contribution in [2.45, 2.75) is 25.4 Å². The van der Waals surface area contributed by atoms with Gasteiger partial charge in [-0.25, -0.2) is 4.98 Å². The number of amides is 2. The summed E-state index contributed by atoms with van der Waals surface area (Å²) in [5.74, 6) is -0.480. The highest BCUT2D eigenvalue weighted by Gasteiger charge is 2.29. The molecule has 1 aliphatic carbocycles. The number of ether oxygens (including phenoxy) is 1. The number of aromatic nitrogens is 1. The van der Waals surface area contributed by atoms with Crippen LogP contribution in [0.15, 0.2) is 35.6 Å². The molecule has 4 rings (SSSR count). The maximum Gasteiger partial charge on any atom is 0.280 e. The number of halogens is 1. The Morgan fingerprint density at radius 3 is 2.62 bits per heavy atom. The summed E-state index contributed by atoms with van der Waals surface area (Å²) in [6, 6.07) is 6.72. The summed E-state index contributed by atoms with van der Waals surface area (Å²) in [6.45, 7) is 0.984. The molecule has 2 amide bonds. The number of rotatable bonds is 7. The fourth-order valence-corrected chi connectivity index (χ4v) is 3.26. The quantitative estimate of drug-likeness (QED) is 0.532. The molecule has 8 nitrogen and oxygen atoms in total. The molecule has 1 aliphatic heterocycles. The van der Waals surface area contributed by atoms with Gasteiger partial charge in [0.2, 0.25) is 5.91 Å². The van der Waals surface area contributed by atoms with Crippen LogP contribution in [-0.2, 0) is 19.2 Å². The van der Waals surface area contributed by atoms with Crippen molar-refractivity contribution in [2.75, 3.05) is 23.8 Å². The summed E-state index contributed by atoms with van der Waals surface area (Å²) in [6.07, 6.45) is 3.32. The molecule has 1 atom stereocenters. The van der Waals surface area contributed by atoms with E-state index in [0.29, 0.717) is 42.2 Å². The lowest BCUT2D eigenvalue weighted by molar-refractivity contribution is -0.117. The highest BCUT2D eigenvalue weighted by atomic mass is 32.1. The summed E-state index contributed by atoms with van der Waals surface area (Å²) in [4.78, 5) is 33.8. The van der Waals surface area contributed by atoms with Crippen LogP contribution in [0.5, 0.6) is 0 Å². The van der Waals surface area contributed by atoms with Crippen molar-refractivity contribution in [3.8, 4) is 0 Å². The minimum atomic E-state index is -0.576. The zero-order valence-corrected chi connectivity index (χ0v) is 16.2. The molecule has 0 spiro atoms. The van der Waals surface area contributed by atoms with E-state index in [1.807, 2.05) is 0 Å². The molecule has 1 aromatic heterocycles. The third kappa shape index (κ3) is 5.15. The molecule has 0 unspecified atom stereocenters. The number of carbonyl (C=O) groups is 2. The van der Waals surface area contributed by atoms with Crippen LogP contribution in [0.1, 0.15) is 24.8 Å². The summed E-state index contributed by atoms with van der Waals surface area (Å²) < 4.78 is 18.4. The molecule has 2 aliphatic rings. The summed E-state index contributed by atoms with van der Waals surface area (Å²) in [5, 5.41) is 9.01. The van der Waals surface area contributed by atoms with E-state index in [0.717, 1.165) is 19.0 Å². The third-order valence-corrected chi connectivity index (χ3v) is 5.17. The van der Waals surface area contributed by atoms with Crippen LogP contribution in [0, 0.1) is 11.0 Å². The minimum absolute atomic E-state index is 0.000235. The molecule has 2 N–H and O–H groups in total. The van der Waals surface area contributed by atoms with Gasteiger partial charge in [0.1, 0.15) is 0 Å². The highest BCUT2D eigenvalue weighted by molar-refractivity contribution is 7.14. The first-order valence-electron chi connectivity index (χ1n) is 9.24. The lowest BCUT2D eigenvalue weighted by Crippen LogP contribution is -2.25. The number of thiazole rings is 1. The van der Waals surface area contributed by atoms with Gasteiger partial charge < -0.3 is 14.9 Å². The van der Waals surface area contributed by atoms with Crippen molar-refractivity contribution in [2.24, 2.45) is 11.1 Å². The number of nitrogens with zero attached hydrogens (tertiary/aromatic N) is 2. The van der Waals surface area contributed by atoms with Crippen LogP contribution in [0.2, 0.25) is 0 Å². The van der Waals surface area contributed by atoms with Crippen molar-refractivity contribution < 1.29 is 23.6 Å². The van der Waals surface area contributed by atoms with Gasteiger partial charge in [0.15, 0.2) is 22.1 Å². The fourth-order valence-electron chi connectivity index (χ4n) is 2.72. The molecule has 2 aromatic rings. The Balaban J connectivity index is 1.50. The monoisotopic (exact) mass is 418 g/mol. The van der Waals surface area contributed by atoms with Crippen molar-refractivity contribution >= 4 is 39.7 Å². The standard InChI is InChI=1S/C19H19FN4O4S/c20-15-9-21-19(29-15)23-18(26)16(24-28-14-7-8-27-10-14)11-3-5-13(6-4-11)22-17(25)12-1-2-12/h3-6,9,12,14H,1-2,7-8,10H2,(H,22,25)(H,21,23,26)/b24-16+/t14-/m1/s1. The molecule has 2 fully saturated rings. The predicted molar refractivity (Wildman–Crippen MR) is 105 cm³/mol. The van der Waals surface area contributed by atoms with E-state index in [4.69, 9.17) is 9.57 Å². The van der Waals surface area contributed by atoms with E-state index in [2.05, 4.69) is 20.8 Å². The predicted octanol–water partition coefficient (Wildman–Crippen LogP) is 2.78. The van der Waals surface area contributed by atoms with Crippen LogP contribution < -0.4 is 10.6 Å². The number of benzene rings is 1. The highest BCUT2D eigenvalue weighted by Crippen LogP contribution is 2.30. The van der Waals surface area contributed by atoms with Gasteiger partial charge in [-0.2, -0.15) is 4.39 Å². The van der Waals surface area contributed by atoms with Gasteiger partial charge in [-0.3, -0.25) is 14.9 Å². The van der Waals surface area contributed by atoms with Crippen LogP contribution in [-0.4, -0.2) is 41.8 Å². The summed E-state index contributed by atoms with van der Waals surface area (Å²) in [5.41, 5.74) is 1.15. The van der Waals surface area contributed by atoms with E-state index in [-0.39, 0.29) is 28.8 Å². The Morgan fingerprint density at radius 2 is 2.00 bits per heavy atom. The Hall–Kier alpha value is -2.85. The molecule has 1 aromatic carbocycles. The second kappa shape index (κ2) is 8.66. The Bertz CT molecular complexity index is 921.